The summed E-state index contributed by atoms with van der Waals surface area (Å²) in [5.41, 5.74) is 5.24. The van der Waals surface area contributed by atoms with Gasteiger partial charge in [0.25, 0.3) is 0 Å². The standard InChI is InChI=1S/C10H22N2O2S/c1-3-15-7-4-9(2)12-10(13)8-14-6-5-11/h9H,3-8,11H2,1-2H3,(H,12,13). The highest BCUT2D eigenvalue weighted by Crippen LogP contribution is 2.03. The molecule has 0 radical (unpaired) electrons. The second-order valence-corrected chi connectivity index (χ2v) is 4.69. The maximum Gasteiger partial charge on any atom is 0.246 e. The second-order valence-electron chi connectivity index (χ2n) is 3.30. The Morgan fingerprint density at radius 3 is 2.93 bits per heavy atom. The number of rotatable bonds is 9. The number of hydrogen-bond donors (Lipinski definition) is 2. The number of nitrogens with two attached hydrogens (primary N) is 1. The van der Waals surface area contributed by atoms with Crippen molar-refractivity contribution in [1.82, 2.24) is 5.32 Å². The van der Waals surface area contributed by atoms with Gasteiger partial charge >= 0.3 is 0 Å². The SMILES string of the molecule is CCSCCC(C)NC(=O)COCCN. The molecule has 0 aliphatic heterocycles. The zero-order valence-electron chi connectivity index (χ0n) is 9.62. The van der Waals surface area contributed by atoms with Crippen LogP contribution in [0.25, 0.3) is 0 Å². The molecule has 90 valence electrons. The first-order valence-corrected chi connectivity index (χ1v) is 6.51. The number of ether oxygens (including phenoxy) is 1. The van der Waals surface area contributed by atoms with Gasteiger partial charge in [0.1, 0.15) is 6.61 Å². The maximum atomic E-state index is 11.3. The van der Waals surface area contributed by atoms with E-state index in [4.69, 9.17) is 10.5 Å². The zero-order valence-corrected chi connectivity index (χ0v) is 10.4. The van der Waals surface area contributed by atoms with Crippen LogP contribution < -0.4 is 11.1 Å². The topological polar surface area (TPSA) is 64.3 Å². The van der Waals surface area contributed by atoms with E-state index in [9.17, 15) is 4.79 Å². The smallest absolute Gasteiger partial charge is 0.246 e. The van der Waals surface area contributed by atoms with Crippen LogP contribution in [-0.4, -0.2) is 43.2 Å². The monoisotopic (exact) mass is 234 g/mol. The van der Waals surface area contributed by atoms with E-state index in [-0.39, 0.29) is 18.6 Å². The van der Waals surface area contributed by atoms with Crippen molar-refractivity contribution in [2.75, 3.05) is 31.3 Å². The van der Waals surface area contributed by atoms with Crippen LogP contribution in [0.1, 0.15) is 20.3 Å². The lowest BCUT2D eigenvalue weighted by molar-refractivity contribution is -0.126. The number of carbonyl (C=O) groups is 1. The van der Waals surface area contributed by atoms with Gasteiger partial charge in [0.05, 0.1) is 6.61 Å². The quantitative estimate of drug-likeness (QED) is 0.574. The third-order valence-corrected chi connectivity index (χ3v) is 2.73. The molecule has 0 aromatic carbocycles. The van der Waals surface area contributed by atoms with E-state index < -0.39 is 0 Å². The van der Waals surface area contributed by atoms with Crippen molar-refractivity contribution in [2.45, 2.75) is 26.3 Å². The molecule has 0 aliphatic carbocycles. The van der Waals surface area contributed by atoms with Gasteiger partial charge in [-0.1, -0.05) is 6.92 Å². The van der Waals surface area contributed by atoms with E-state index in [1.165, 1.54) is 0 Å². The zero-order chi connectivity index (χ0) is 11.5. The fourth-order valence-corrected chi connectivity index (χ4v) is 1.85. The van der Waals surface area contributed by atoms with Crippen molar-refractivity contribution >= 4 is 17.7 Å². The summed E-state index contributed by atoms with van der Waals surface area (Å²) >= 11 is 1.89. The van der Waals surface area contributed by atoms with Crippen LogP contribution in [-0.2, 0) is 9.53 Å². The fraction of sp³-hybridized carbons (Fsp3) is 0.900. The predicted molar refractivity (Wildman–Crippen MR) is 65.1 cm³/mol. The highest BCUT2D eigenvalue weighted by Gasteiger charge is 2.06. The van der Waals surface area contributed by atoms with Gasteiger partial charge in [-0.15, -0.1) is 0 Å². The van der Waals surface area contributed by atoms with E-state index in [1.54, 1.807) is 0 Å². The Bertz CT molecular complexity index is 168. The molecular formula is C10H22N2O2S. The van der Waals surface area contributed by atoms with E-state index >= 15 is 0 Å². The minimum atomic E-state index is -0.0579. The number of nitrogens with one attached hydrogen (secondary N) is 1. The fourth-order valence-electron chi connectivity index (χ4n) is 1.04. The van der Waals surface area contributed by atoms with Gasteiger partial charge in [-0.05, 0) is 24.9 Å². The molecule has 0 fully saturated rings. The minimum absolute atomic E-state index is 0.0579. The van der Waals surface area contributed by atoms with Crippen molar-refractivity contribution in [2.24, 2.45) is 5.73 Å². The molecule has 0 spiro atoms. The predicted octanol–water partition coefficient (Wildman–Crippen LogP) is 0.610. The lowest BCUT2D eigenvalue weighted by Gasteiger charge is -2.13. The Hall–Kier alpha value is -0.260. The first-order chi connectivity index (χ1) is 7.20. The molecule has 0 aromatic heterocycles. The first-order valence-electron chi connectivity index (χ1n) is 5.35. The number of amides is 1. The number of thioether (sulfide) groups is 1. The molecular weight excluding hydrogens is 212 g/mol. The summed E-state index contributed by atoms with van der Waals surface area (Å²) in [5.74, 6) is 2.15. The Labute approximate surface area is 96.3 Å². The summed E-state index contributed by atoms with van der Waals surface area (Å²) in [5, 5.41) is 2.88. The van der Waals surface area contributed by atoms with E-state index in [0.717, 1.165) is 17.9 Å². The van der Waals surface area contributed by atoms with Crippen molar-refractivity contribution < 1.29 is 9.53 Å². The largest absolute Gasteiger partial charge is 0.370 e. The van der Waals surface area contributed by atoms with Crippen LogP contribution in [0, 0.1) is 0 Å². The summed E-state index contributed by atoms with van der Waals surface area (Å²) < 4.78 is 5.03. The Morgan fingerprint density at radius 1 is 1.60 bits per heavy atom. The summed E-state index contributed by atoms with van der Waals surface area (Å²) in [6.45, 7) is 5.15. The average Bonchev–Trinajstić information content (AvgIpc) is 2.18. The molecule has 0 aromatic rings. The lowest BCUT2D eigenvalue weighted by atomic mass is 10.2. The van der Waals surface area contributed by atoms with Gasteiger partial charge in [-0.25, -0.2) is 0 Å². The normalized spacial score (nSPS) is 12.5. The number of hydrogen-bond acceptors (Lipinski definition) is 4. The molecule has 0 aliphatic rings. The molecule has 3 N–H and O–H groups in total. The van der Waals surface area contributed by atoms with Crippen LogP contribution >= 0.6 is 11.8 Å². The first kappa shape index (κ1) is 14.7. The molecule has 0 bridgehead atoms. The van der Waals surface area contributed by atoms with Crippen LogP contribution in [0.4, 0.5) is 0 Å². The minimum Gasteiger partial charge on any atom is -0.370 e. The highest BCUT2D eigenvalue weighted by atomic mass is 32.2. The van der Waals surface area contributed by atoms with Gasteiger partial charge in [0, 0.05) is 12.6 Å². The maximum absolute atomic E-state index is 11.3. The van der Waals surface area contributed by atoms with Crippen molar-refractivity contribution in [3.63, 3.8) is 0 Å². The molecule has 15 heavy (non-hydrogen) atoms. The summed E-state index contributed by atoms with van der Waals surface area (Å²) in [6.07, 6.45) is 1.00. The lowest BCUT2D eigenvalue weighted by Crippen LogP contribution is -2.36. The van der Waals surface area contributed by atoms with Crippen LogP contribution in [0.15, 0.2) is 0 Å². The molecule has 0 heterocycles. The molecule has 0 saturated heterocycles. The van der Waals surface area contributed by atoms with Gasteiger partial charge < -0.3 is 15.8 Å². The summed E-state index contributed by atoms with van der Waals surface area (Å²) in [4.78, 5) is 11.3. The molecule has 4 nitrogen and oxygen atoms in total. The summed E-state index contributed by atoms with van der Waals surface area (Å²) in [7, 11) is 0. The van der Waals surface area contributed by atoms with Crippen molar-refractivity contribution in [3.8, 4) is 0 Å². The van der Waals surface area contributed by atoms with Gasteiger partial charge in [-0.3, -0.25) is 4.79 Å². The summed E-state index contributed by atoms with van der Waals surface area (Å²) in [6, 6.07) is 0.220. The molecule has 0 saturated carbocycles. The highest BCUT2D eigenvalue weighted by molar-refractivity contribution is 7.99. The van der Waals surface area contributed by atoms with Crippen molar-refractivity contribution in [1.29, 1.82) is 0 Å². The molecule has 0 rings (SSSR count). The Morgan fingerprint density at radius 2 is 2.33 bits per heavy atom. The molecule has 1 unspecified atom stereocenters. The van der Waals surface area contributed by atoms with E-state index in [2.05, 4.69) is 12.2 Å². The Balaban J connectivity index is 3.40. The molecule has 1 amide bonds. The van der Waals surface area contributed by atoms with Gasteiger partial charge in [0.15, 0.2) is 0 Å². The van der Waals surface area contributed by atoms with E-state index in [0.29, 0.717) is 13.2 Å². The van der Waals surface area contributed by atoms with Crippen LogP contribution in [0.3, 0.4) is 0 Å². The molecule has 1 atom stereocenters. The van der Waals surface area contributed by atoms with E-state index in [1.807, 2.05) is 18.7 Å². The second kappa shape index (κ2) is 10.3. The van der Waals surface area contributed by atoms with Crippen LogP contribution in [0.5, 0.6) is 0 Å². The average molecular weight is 234 g/mol. The molecule has 5 heteroatoms. The van der Waals surface area contributed by atoms with Gasteiger partial charge in [-0.2, -0.15) is 11.8 Å². The van der Waals surface area contributed by atoms with Crippen LogP contribution in [0.2, 0.25) is 0 Å². The third kappa shape index (κ3) is 10.0. The number of carbonyl (C=O) groups excluding carboxylic acids is 1. The Kier molecular flexibility index (Phi) is 10.1. The van der Waals surface area contributed by atoms with Gasteiger partial charge in [0.2, 0.25) is 5.91 Å². The van der Waals surface area contributed by atoms with Crippen molar-refractivity contribution in [3.05, 3.63) is 0 Å². The third-order valence-electron chi connectivity index (χ3n) is 1.80.